The van der Waals surface area contributed by atoms with Gasteiger partial charge in [-0.15, -0.1) is 0 Å². The second kappa shape index (κ2) is 4.13. The van der Waals surface area contributed by atoms with E-state index in [9.17, 15) is 4.79 Å². The fourth-order valence-corrected chi connectivity index (χ4v) is 1.58. The Morgan fingerprint density at radius 1 is 1.40 bits per heavy atom. The van der Waals surface area contributed by atoms with Crippen molar-refractivity contribution in [3.63, 3.8) is 0 Å². The molecule has 0 amide bonds. The summed E-state index contributed by atoms with van der Waals surface area (Å²) in [4.78, 5) is 15.2. The topological polar surface area (TPSA) is 61.7 Å². The summed E-state index contributed by atoms with van der Waals surface area (Å²) in [5.41, 5.74) is 0.901. The molecule has 0 saturated heterocycles. The molecule has 1 aliphatic rings. The maximum Gasteiger partial charge on any atom is 0.337 e. The van der Waals surface area contributed by atoms with Gasteiger partial charge >= 0.3 is 5.97 Å². The molecule has 1 heterocycles. The van der Waals surface area contributed by atoms with Crippen LogP contribution >= 0.6 is 0 Å². The highest BCUT2D eigenvalue weighted by Crippen LogP contribution is 2.17. The van der Waals surface area contributed by atoms with Crippen molar-refractivity contribution in [3.05, 3.63) is 29.8 Å². The third-order valence-corrected chi connectivity index (χ3v) is 2.31. The highest BCUT2D eigenvalue weighted by atomic mass is 16.4. The minimum absolute atomic E-state index is 0.284. The van der Waals surface area contributed by atoms with Gasteiger partial charge < -0.3 is 10.4 Å². The van der Waals surface area contributed by atoms with Crippen molar-refractivity contribution in [1.29, 1.82) is 0 Å². The first kappa shape index (κ1) is 9.71. The Morgan fingerprint density at radius 3 is 2.87 bits per heavy atom. The van der Waals surface area contributed by atoms with E-state index in [1.165, 1.54) is 0 Å². The Balaban J connectivity index is 2.23. The van der Waals surface area contributed by atoms with Gasteiger partial charge in [0, 0.05) is 13.0 Å². The molecule has 1 aromatic carbocycles. The number of nitrogens with zero attached hydrogens (tertiary/aromatic N) is 1. The zero-order valence-electron chi connectivity index (χ0n) is 8.23. The average Bonchev–Trinajstić information content (AvgIpc) is 2.71. The third kappa shape index (κ3) is 2.15. The van der Waals surface area contributed by atoms with Gasteiger partial charge in [-0.2, -0.15) is 0 Å². The first-order valence-corrected chi connectivity index (χ1v) is 4.90. The number of carboxylic acid groups (broad SMARTS) is 1. The third-order valence-electron chi connectivity index (χ3n) is 2.31. The molecule has 0 fully saturated rings. The van der Waals surface area contributed by atoms with Crippen LogP contribution < -0.4 is 5.32 Å². The number of amidine groups is 1. The monoisotopic (exact) mass is 204 g/mol. The van der Waals surface area contributed by atoms with Crippen LogP contribution in [-0.2, 0) is 0 Å². The summed E-state index contributed by atoms with van der Waals surface area (Å²) in [5, 5.41) is 12.0. The second-order valence-corrected chi connectivity index (χ2v) is 3.41. The van der Waals surface area contributed by atoms with Crippen LogP contribution in [0.5, 0.6) is 0 Å². The summed E-state index contributed by atoms with van der Waals surface area (Å²) >= 11 is 0. The van der Waals surface area contributed by atoms with Gasteiger partial charge in [0.1, 0.15) is 5.84 Å². The summed E-state index contributed by atoms with van der Waals surface area (Å²) in [6.07, 6.45) is 1.94. The van der Waals surface area contributed by atoms with Gasteiger partial charge in [-0.3, -0.25) is 4.99 Å². The molecule has 0 radical (unpaired) electrons. The van der Waals surface area contributed by atoms with Crippen LogP contribution in [-0.4, -0.2) is 23.5 Å². The number of rotatable bonds is 2. The maximum absolute atomic E-state index is 10.9. The molecule has 4 heteroatoms. The van der Waals surface area contributed by atoms with Crippen molar-refractivity contribution in [3.8, 4) is 0 Å². The van der Waals surface area contributed by atoms with Gasteiger partial charge in [-0.25, -0.2) is 4.79 Å². The standard InChI is InChI=1S/C11H12N2O2/c14-11(15)8-4-1-2-5-9(8)13-10-6-3-7-12-10/h1-2,4-5H,3,6-7H2,(H,12,13)(H,14,15). The molecule has 15 heavy (non-hydrogen) atoms. The number of carboxylic acids is 1. The molecule has 2 N–H and O–H groups in total. The Labute approximate surface area is 87.7 Å². The zero-order chi connectivity index (χ0) is 10.7. The van der Waals surface area contributed by atoms with Gasteiger partial charge in [-0.05, 0) is 18.6 Å². The van der Waals surface area contributed by atoms with Crippen molar-refractivity contribution >= 4 is 17.5 Å². The smallest absolute Gasteiger partial charge is 0.337 e. The normalized spacial score (nSPS) is 14.8. The molecule has 0 unspecified atom stereocenters. The van der Waals surface area contributed by atoms with Crippen LogP contribution in [0.1, 0.15) is 23.2 Å². The second-order valence-electron chi connectivity index (χ2n) is 3.41. The SMILES string of the molecule is O=C(O)c1ccccc1NC1=NCCC1. The lowest BCUT2D eigenvalue weighted by Gasteiger charge is -2.08. The Kier molecular flexibility index (Phi) is 2.67. The van der Waals surface area contributed by atoms with E-state index in [2.05, 4.69) is 10.3 Å². The molecule has 0 spiro atoms. The molecule has 0 aliphatic carbocycles. The van der Waals surface area contributed by atoms with E-state index in [0.29, 0.717) is 5.69 Å². The van der Waals surface area contributed by atoms with Gasteiger partial charge in [0.2, 0.25) is 0 Å². The van der Waals surface area contributed by atoms with Gasteiger partial charge in [0.15, 0.2) is 0 Å². The van der Waals surface area contributed by atoms with Crippen LogP contribution in [0.4, 0.5) is 5.69 Å². The highest BCUT2D eigenvalue weighted by Gasteiger charge is 2.12. The fourth-order valence-electron chi connectivity index (χ4n) is 1.58. The van der Waals surface area contributed by atoms with E-state index in [1.54, 1.807) is 18.2 Å². The molecule has 0 bridgehead atoms. The van der Waals surface area contributed by atoms with E-state index in [4.69, 9.17) is 5.11 Å². The van der Waals surface area contributed by atoms with Crippen molar-refractivity contribution in [2.45, 2.75) is 12.8 Å². The molecule has 1 aromatic rings. The van der Waals surface area contributed by atoms with Crippen LogP contribution in [0.15, 0.2) is 29.3 Å². The number of aliphatic imine (C=N–C) groups is 1. The number of nitrogens with one attached hydrogen (secondary N) is 1. The number of hydrogen-bond acceptors (Lipinski definition) is 3. The predicted molar refractivity (Wildman–Crippen MR) is 58.6 cm³/mol. The largest absolute Gasteiger partial charge is 0.478 e. The molecule has 2 rings (SSSR count). The average molecular weight is 204 g/mol. The summed E-state index contributed by atoms with van der Waals surface area (Å²) in [6.45, 7) is 0.831. The molecule has 0 aromatic heterocycles. The van der Waals surface area contributed by atoms with Crippen molar-refractivity contribution in [2.24, 2.45) is 4.99 Å². The van der Waals surface area contributed by atoms with E-state index < -0.39 is 5.97 Å². The van der Waals surface area contributed by atoms with Crippen LogP contribution in [0.25, 0.3) is 0 Å². The van der Waals surface area contributed by atoms with Crippen molar-refractivity contribution in [2.75, 3.05) is 11.9 Å². The number of anilines is 1. The summed E-state index contributed by atoms with van der Waals surface area (Å²) in [7, 11) is 0. The minimum Gasteiger partial charge on any atom is -0.478 e. The Bertz CT molecular complexity index is 413. The molecule has 0 saturated carbocycles. The van der Waals surface area contributed by atoms with Gasteiger partial charge in [0.05, 0.1) is 11.3 Å². The molecular formula is C11H12N2O2. The summed E-state index contributed by atoms with van der Waals surface area (Å²) < 4.78 is 0. The van der Waals surface area contributed by atoms with Crippen molar-refractivity contribution in [1.82, 2.24) is 0 Å². The Morgan fingerprint density at radius 2 is 2.20 bits per heavy atom. The van der Waals surface area contributed by atoms with Gasteiger partial charge in [0.25, 0.3) is 0 Å². The summed E-state index contributed by atoms with van der Waals surface area (Å²) in [6, 6.07) is 6.86. The number of para-hydroxylation sites is 1. The minimum atomic E-state index is -0.920. The quantitative estimate of drug-likeness (QED) is 0.774. The predicted octanol–water partition coefficient (Wildman–Crippen LogP) is 1.99. The number of benzene rings is 1. The lowest BCUT2D eigenvalue weighted by atomic mass is 10.1. The lowest BCUT2D eigenvalue weighted by molar-refractivity contribution is 0.0698. The molecule has 78 valence electrons. The summed E-state index contributed by atoms with van der Waals surface area (Å²) in [5.74, 6) is -0.0413. The van der Waals surface area contributed by atoms with Gasteiger partial charge in [-0.1, -0.05) is 12.1 Å². The highest BCUT2D eigenvalue weighted by molar-refractivity contribution is 6.02. The fraction of sp³-hybridized carbons (Fsp3) is 0.273. The number of hydrogen-bond donors (Lipinski definition) is 2. The number of aromatic carboxylic acids is 1. The van der Waals surface area contributed by atoms with Crippen LogP contribution in [0.2, 0.25) is 0 Å². The maximum atomic E-state index is 10.9. The molecule has 4 nitrogen and oxygen atoms in total. The van der Waals surface area contributed by atoms with E-state index >= 15 is 0 Å². The molecule has 1 aliphatic heterocycles. The zero-order valence-corrected chi connectivity index (χ0v) is 8.23. The van der Waals surface area contributed by atoms with E-state index in [-0.39, 0.29) is 5.56 Å². The van der Waals surface area contributed by atoms with E-state index in [0.717, 1.165) is 25.2 Å². The lowest BCUT2D eigenvalue weighted by Crippen LogP contribution is -2.12. The number of carbonyl (C=O) groups is 1. The Hall–Kier alpha value is -1.84. The molecular weight excluding hydrogens is 192 g/mol. The van der Waals surface area contributed by atoms with Crippen molar-refractivity contribution < 1.29 is 9.90 Å². The molecule has 0 atom stereocenters. The first-order valence-electron chi connectivity index (χ1n) is 4.90. The van der Waals surface area contributed by atoms with Crippen LogP contribution in [0, 0.1) is 0 Å². The van der Waals surface area contributed by atoms with Crippen LogP contribution in [0.3, 0.4) is 0 Å². The first-order chi connectivity index (χ1) is 7.27. The van der Waals surface area contributed by atoms with E-state index in [1.807, 2.05) is 6.07 Å².